The first-order chi connectivity index (χ1) is 6.86. The molecule has 1 saturated heterocycles. The predicted octanol–water partition coefficient (Wildman–Crippen LogP) is 2.00. The number of rotatable bonds is 2. The number of ether oxygens (including phenoxy) is 1. The van der Waals surface area contributed by atoms with Gasteiger partial charge in [0.05, 0.1) is 0 Å². The predicted molar refractivity (Wildman–Crippen MR) is 60.2 cm³/mol. The Morgan fingerprint density at radius 1 is 1.29 bits per heavy atom. The Labute approximate surface area is 92.0 Å². The minimum atomic E-state index is 0.462. The van der Waals surface area contributed by atoms with Crippen LogP contribution in [0.4, 0.5) is 0 Å². The van der Waals surface area contributed by atoms with Crippen LogP contribution in [0.2, 0.25) is 4.82 Å². The second kappa shape index (κ2) is 4.97. The zero-order valence-corrected chi connectivity index (χ0v) is 10.2. The molecule has 2 unspecified atom stereocenters. The fraction of sp³-hybridized carbons (Fsp3) is 0.500. The molecule has 0 aromatic heterocycles. The van der Waals surface area contributed by atoms with Crippen molar-refractivity contribution >= 4 is 19.4 Å². The Kier molecular flexibility index (Phi) is 3.63. The third kappa shape index (κ3) is 2.60. The summed E-state index contributed by atoms with van der Waals surface area (Å²) in [5.74, 6) is 0. The van der Waals surface area contributed by atoms with Gasteiger partial charge in [0.2, 0.25) is 0 Å². The number of benzene rings is 1. The van der Waals surface area contributed by atoms with Crippen LogP contribution < -0.4 is 4.46 Å². The molecule has 1 nitrogen and oxygen atoms in total. The van der Waals surface area contributed by atoms with E-state index in [0.717, 1.165) is 11.4 Å². The average Bonchev–Trinajstić information content (AvgIpc) is 2.23. The van der Waals surface area contributed by atoms with Gasteiger partial charge in [0.15, 0.2) is 0 Å². The maximum absolute atomic E-state index is 5.68. The van der Waals surface area contributed by atoms with Gasteiger partial charge >= 0.3 is 91.8 Å². The van der Waals surface area contributed by atoms with E-state index < -0.39 is 0 Å². The van der Waals surface area contributed by atoms with Crippen molar-refractivity contribution in [1.29, 1.82) is 0 Å². The van der Waals surface area contributed by atoms with Crippen molar-refractivity contribution in [3.05, 3.63) is 30.3 Å². The number of hydrogen-bond acceptors (Lipinski definition) is 1. The van der Waals surface area contributed by atoms with Crippen LogP contribution in [-0.2, 0) is 4.74 Å². The van der Waals surface area contributed by atoms with Crippen LogP contribution >= 0.6 is 0 Å². The van der Waals surface area contributed by atoms with Crippen molar-refractivity contribution < 1.29 is 4.74 Å². The van der Waals surface area contributed by atoms with E-state index in [0.29, 0.717) is 21.1 Å². The molecule has 2 rings (SSSR count). The van der Waals surface area contributed by atoms with Gasteiger partial charge in [0.25, 0.3) is 0 Å². The fourth-order valence-corrected chi connectivity index (χ4v) is 4.28. The molecule has 1 heterocycles. The zero-order chi connectivity index (χ0) is 9.80. The topological polar surface area (TPSA) is 9.23 Å². The van der Waals surface area contributed by atoms with Crippen LogP contribution in [0.1, 0.15) is 19.8 Å². The molecule has 2 atom stereocenters. The molecule has 1 aliphatic rings. The van der Waals surface area contributed by atoms with E-state index >= 15 is 0 Å². The van der Waals surface area contributed by atoms with Gasteiger partial charge < -0.3 is 0 Å². The molecule has 14 heavy (non-hydrogen) atoms. The molecule has 76 valence electrons. The first-order valence-electron chi connectivity index (χ1n) is 5.19. The molecule has 1 fully saturated rings. The van der Waals surface area contributed by atoms with Crippen LogP contribution in [0.3, 0.4) is 0 Å². The van der Waals surface area contributed by atoms with E-state index in [2.05, 4.69) is 37.3 Å². The summed E-state index contributed by atoms with van der Waals surface area (Å²) in [5.41, 5.74) is 0. The Bertz CT molecular complexity index is 273. The SMILES string of the molecule is CC1OCCCC1[Se]c1ccccc1. The second-order valence-electron chi connectivity index (χ2n) is 3.69. The maximum atomic E-state index is 5.68. The summed E-state index contributed by atoms with van der Waals surface area (Å²) in [7, 11) is 0. The van der Waals surface area contributed by atoms with E-state index in [1.165, 1.54) is 17.3 Å². The van der Waals surface area contributed by atoms with Crippen molar-refractivity contribution in [3.8, 4) is 0 Å². The Morgan fingerprint density at radius 2 is 2.07 bits per heavy atom. The first-order valence-corrected chi connectivity index (χ1v) is 7.04. The molecule has 0 amide bonds. The van der Waals surface area contributed by atoms with Gasteiger partial charge in [-0.3, -0.25) is 0 Å². The molecule has 1 aromatic rings. The van der Waals surface area contributed by atoms with E-state index in [-0.39, 0.29) is 0 Å². The molecule has 0 N–H and O–H groups in total. The van der Waals surface area contributed by atoms with Gasteiger partial charge in [-0.05, 0) is 0 Å². The third-order valence-corrected chi connectivity index (χ3v) is 5.64. The van der Waals surface area contributed by atoms with Crippen LogP contribution in [0.25, 0.3) is 0 Å². The third-order valence-electron chi connectivity index (χ3n) is 2.57. The van der Waals surface area contributed by atoms with E-state index in [1.54, 1.807) is 0 Å². The van der Waals surface area contributed by atoms with Gasteiger partial charge in [-0.15, -0.1) is 0 Å². The summed E-state index contributed by atoms with van der Waals surface area (Å²) < 4.78 is 7.18. The summed E-state index contributed by atoms with van der Waals surface area (Å²) >= 11 is 0.584. The van der Waals surface area contributed by atoms with E-state index in [1.807, 2.05) is 0 Å². The quantitative estimate of drug-likeness (QED) is 0.734. The summed E-state index contributed by atoms with van der Waals surface area (Å²) in [6.07, 6.45) is 3.04. The van der Waals surface area contributed by atoms with Gasteiger partial charge in [-0.2, -0.15) is 0 Å². The molecular formula is C12H16OSe. The van der Waals surface area contributed by atoms with Gasteiger partial charge in [0, 0.05) is 0 Å². The fourth-order valence-electron chi connectivity index (χ4n) is 1.72. The molecule has 0 saturated carbocycles. The van der Waals surface area contributed by atoms with Gasteiger partial charge in [0.1, 0.15) is 0 Å². The second-order valence-corrected chi connectivity index (χ2v) is 6.44. The van der Waals surface area contributed by atoms with Crippen molar-refractivity contribution in [3.63, 3.8) is 0 Å². The molecule has 0 radical (unpaired) electrons. The summed E-state index contributed by atoms with van der Waals surface area (Å²) in [4.78, 5) is 0.777. The van der Waals surface area contributed by atoms with Crippen molar-refractivity contribution in [2.24, 2.45) is 0 Å². The minimum absolute atomic E-state index is 0.462. The Morgan fingerprint density at radius 3 is 2.79 bits per heavy atom. The van der Waals surface area contributed by atoms with Crippen LogP contribution in [-0.4, -0.2) is 27.7 Å². The molecular weight excluding hydrogens is 239 g/mol. The summed E-state index contributed by atoms with van der Waals surface area (Å²) in [6.45, 7) is 3.18. The average molecular weight is 255 g/mol. The molecule has 1 aliphatic heterocycles. The molecule has 1 aromatic carbocycles. The van der Waals surface area contributed by atoms with Crippen LogP contribution in [0.15, 0.2) is 30.3 Å². The molecule has 0 spiro atoms. The summed E-state index contributed by atoms with van der Waals surface area (Å²) in [5, 5.41) is 0. The standard InChI is InChI=1S/C12H16OSe/c1-10-12(8-5-9-13-10)14-11-6-3-2-4-7-11/h2-4,6-7,10,12H,5,8-9H2,1H3. The van der Waals surface area contributed by atoms with Crippen molar-refractivity contribution in [2.75, 3.05) is 6.61 Å². The molecule has 0 bridgehead atoms. The Hall–Kier alpha value is -0.301. The van der Waals surface area contributed by atoms with Crippen molar-refractivity contribution in [2.45, 2.75) is 30.7 Å². The van der Waals surface area contributed by atoms with Crippen LogP contribution in [0.5, 0.6) is 0 Å². The number of hydrogen-bond donors (Lipinski definition) is 0. The molecule has 0 aliphatic carbocycles. The van der Waals surface area contributed by atoms with Crippen LogP contribution in [0, 0.1) is 0 Å². The van der Waals surface area contributed by atoms with E-state index in [4.69, 9.17) is 4.74 Å². The Balaban J connectivity index is 1.96. The van der Waals surface area contributed by atoms with Gasteiger partial charge in [-0.25, -0.2) is 0 Å². The first kappa shape index (κ1) is 10.2. The summed E-state index contributed by atoms with van der Waals surface area (Å²) in [6, 6.07) is 10.8. The monoisotopic (exact) mass is 256 g/mol. The van der Waals surface area contributed by atoms with E-state index in [9.17, 15) is 0 Å². The normalized spacial score (nSPS) is 27.5. The zero-order valence-electron chi connectivity index (χ0n) is 8.48. The molecule has 2 heteroatoms. The van der Waals surface area contributed by atoms with Gasteiger partial charge in [-0.1, -0.05) is 0 Å². The van der Waals surface area contributed by atoms with Crippen molar-refractivity contribution in [1.82, 2.24) is 0 Å².